The lowest BCUT2D eigenvalue weighted by molar-refractivity contribution is -0.0981. The van der Waals surface area contributed by atoms with Crippen LogP contribution < -0.4 is 5.32 Å². The van der Waals surface area contributed by atoms with Crippen LogP contribution in [0.1, 0.15) is 13.3 Å². The molecule has 0 aliphatic carbocycles. The number of nitrogens with one attached hydrogen (secondary N) is 1. The maximum Gasteiger partial charge on any atom is 0.266 e. The highest BCUT2D eigenvalue weighted by Gasteiger charge is 2.39. The van der Waals surface area contributed by atoms with Crippen LogP contribution in [-0.2, 0) is 0 Å². The van der Waals surface area contributed by atoms with E-state index < -0.39 is 24.8 Å². The van der Waals surface area contributed by atoms with Gasteiger partial charge < -0.3 is 5.32 Å². The van der Waals surface area contributed by atoms with Crippen LogP contribution in [0.5, 0.6) is 0 Å². The molecule has 0 saturated heterocycles. The van der Waals surface area contributed by atoms with Crippen LogP contribution >= 0.6 is 0 Å². The van der Waals surface area contributed by atoms with Crippen molar-refractivity contribution in [2.45, 2.75) is 25.2 Å². The topological polar surface area (TPSA) is 12.0 Å². The third-order valence-corrected chi connectivity index (χ3v) is 1.24. The lowest BCUT2D eigenvalue weighted by atomic mass is 10.1. The monoisotopic (exact) mass is 199 g/mol. The molecule has 13 heavy (non-hydrogen) atoms. The van der Waals surface area contributed by atoms with Gasteiger partial charge in [-0.2, -0.15) is 0 Å². The molecule has 5 heteroatoms. The van der Waals surface area contributed by atoms with Crippen LogP contribution in [0.25, 0.3) is 0 Å². The number of rotatable bonds is 6. The van der Waals surface area contributed by atoms with Gasteiger partial charge in [0, 0.05) is 6.54 Å². The van der Waals surface area contributed by atoms with Crippen molar-refractivity contribution in [1.29, 1.82) is 0 Å². The summed E-state index contributed by atoms with van der Waals surface area (Å²) < 4.78 is 49.7. The van der Waals surface area contributed by atoms with E-state index in [2.05, 4.69) is 11.9 Å². The van der Waals surface area contributed by atoms with Crippen molar-refractivity contribution in [3.8, 4) is 0 Å². The summed E-state index contributed by atoms with van der Waals surface area (Å²) in [6, 6.07) is 0. The molecule has 0 heterocycles. The van der Waals surface area contributed by atoms with Gasteiger partial charge in [0.05, 0.1) is 13.0 Å². The molecule has 0 aromatic heterocycles. The van der Waals surface area contributed by atoms with Crippen molar-refractivity contribution >= 4 is 0 Å². The fraction of sp³-hybridized carbons (Fsp3) is 0.750. The molecule has 0 amide bonds. The second kappa shape index (κ2) is 4.60. The van der Waals surface area contributed by atoms with Gasteiger partial charge in [-0.05, 0) is 6.92 Å². The van der Waals surface area contributed by atoms with Gasteiger partial charge in [-0.25, -0.2) is 17.6 Å². The van der Waals surface area contributed by atoms with Crippen molar-refractivity contribution in [3.05, 3.63) is 12.7 Å². The molecule has 0 spiro atoms. The van der Waals surface area contributed by atoms with E-state index in [0.29, 0.717) is 6.92 Å². The summed E-state index contributed by atoms with van der Waals surface area (Å²) in [5.74, 6) is -6.71. The quantitative estimate of drug-likeness (QED) is 0.393. The molecule has 0 saturated carbocycles. The van der Waals surface area contributed by atoms with Gasteiger partial charge in [-0.15, -0.1) is 6.58 Å². The first-order chi connectivity index (χ1) is 5.77. The molecule has 1 N–H and O–H groups in total. The van der Waals surface area contributed by atoms with Crippen LogP contribution in [0.15, 0.2) is 12.7 Å². The number of hydrogen-bond acceptors (Lipinski definition) is 1. The Morgan fingerprint density at radius 1 is 1.31 bits per heavy atom. The summed E-state index contributed by atoms with van der Waals surface area (Å²) in [4.78, 5) is 0. The molecule has 0 aromatic carbocycles. The molecule has 78 valence electrons. The highest BCUT2D eigenvalue weighted by Crippen LogP contribution is 2.29. The summed E-state index contributed by atoms with van der Waals surface area (Å²) in [6.07, 6.45) is -0.0374. The minimum Gasteiger partial charge on any atom is -0.308 e. The van der Waals surface area contributed by atoms with Crippen molar-refractivity contribution in [3.63, 3.8) is 0 Å². The third-order valence-electron chi connectivity index (χ3n) is 1.24. The van der Waals surface area contributed by atoms with E-state index in [4.69, 9.17) is 0 Å². The van der Waals surface area contributed by atoms with Gasteiger partial charge in [-0.1, -0.05) is 6.08 Å². The summed E-state index contributed by atoms with van der Waals surface area (Å²) in [7, 11) is 0. The van der Waals surface area contributed by atoms with E-state index in [1.807, 2.05) is 0 Å². The molecule has 0 aromatic rings. The summed E-state index contributed by atoms with van der Waals surface area (Å²) in [6.45, 7) is 3.22. The van der Waals surface area contributed by atoms with Crippen LogP contribution in [0.2, 0.25) is 0 Å². The molecule has 0 aliphatic heterocycles. The highest BCUT2D eigenvalue weighted by molar-refractivity contribution is 4.78. The predicted molar refractivity (Wildman–Crippen MR) is 43.3 cm³/mol. The first-order valence-electron chi connectivity index (χ1n) is 3.84. The van der Waals surface area contributed by atoms with E-state index >= 15 is 0 Å². The Bertz CT molecular complexity index is 162. The van der Waals surface area contributed by atoms with Gasteiger partial charge in [-0.3, -0.25) is 0 Å². The molecular formula is C8H13F4N. The molecule has 0 fully saturated rings. The smallest absolute Gasteiger partial charge is 0.266 e. The molecule has 1 nitrogen and oxygen atoms in total. The lowest BCUT2D eigenvalue weighted by Crippen LogP contribution is -2.37. The highest BCUT2D eigenvalue weighted by atomic mass is 19.3. The van der Waals surface area contributed by atoms with Crippen LogP contribution in [0, 0.1) is 0 Å². The first-order valence-corrected chi connectivity index (χ1v) is 3.84. The fourth-order valence-corrected chi connectivity index (χ4v) is 0.874. The van der Waals surface area contributed by atoms with Gasteiger partial charge >= 0.3 is 0 Å². The van der Waals surface area contributed by atoms with E-state index in [9.17, 15) is 17.6 Å². The Hall–Kier alpha value is -0.580. The molecule has 0 unspecified atom stereocenters. The van der Waals surface area contributed by atoms with Crippen molar-refractivity contribution in [2.24, 2.45) is 0 Å². The standard InChI is InChI=1S/C8H13F4N/c1-3-4-13-6-8(11,12)5-7(2,9)10/h3,13H,1,4-6H2,2H3. The van der Waals surface area contributed by atoms with Crippen molar-refractivity contribution < 1.29 is 17.6 Å². The van der Waals surface area contributed by atoms with E-state index in [0.717, 1.165) is 0 Å². The Labute approximate surface area is 74.8 Å². The molecule has 0 rings (SSSR count). The second-order valence-corrected chi connectivity index (χ2v) is 3.02. The summed E-state index contributed by atoms with van der Waals surface area (Å²) >= 11 is 0. The summed E-state index contributed by atoms with van der Waals surface area (Å²) in [5.41, 5.74) is 0. The van der Waals surface area contributed by atoms with E-state index in [1.54, 1.807) is 0 Å². The average molecular weight is 199 g/mol. The summed E-state index contributed by atoms with van der Waals surface area (Å²) in [5, 5.41) is 2.30. The predicted octanol–water partition coefficient (Wildman–Crippen LogP) is 2.44. The molecule has 0 atom stereocenters. The zero-order valence-corrected chi connectivity index (χ0v) is 7.42. The Morgan fingerprint density at radius 3 is 2.23 bits per heavy atom. The number of halogens is 4. The first kappa shape index (κ1) is 12.4. The van der Waals surface area contributed by atoms with Gasteiger partial charge in [0.2, 0.25) is 0 Å². The Balaban J connectivity index is 3.86. The molecule has 0 radical (unpaired) electrons. The normalized spacial score (nSPS) is 13.0. The SMILES string of the molecule is C=CCNCC(F)(F)CC(C)(F)F. The van der Waals surface area contributed by atoms with Gasteiger partial charge in [0.25, 0.3) is 11.8 Å². The molecule has 0 aliphatic rings. The maximum atomic E-state index is 12.7. The van der Waals surface area contributed by atoms with E-state index in [1.165, 1.54) is 6.08 Å². The van der Waals surface area contributed by atoms with Gasteiger partial charge in [0.1, 0.15) is 0 Å². The van der Waals surface area contributed by atoms with Crippen molar-refractivity contribution in [2.75, 3.05) is 13.1 Å². The third kappa shape index (κ3) is 7.77. The Morgan fingerprint density at radius 2 is 1.85 bits per heavy atom. The van der Waals surface area contributed by atoms with Crippen molar-refractivity contribution in [1.82, 2.24) is 5.32 Å². The molecular weight excluding hydrogens is 186 g/mol. The van der Waals surface area contributed by atoms with E-state index in [-0.39, 0.29) is 6.54 Å². The maximum absolute atomic E-state index is 12.7. The lowest BCUT2D eigenvalue weighted by Gasteiger charge is -2.20. The van der Waals surface area contributed by atoms with Crippen LogP contribution in [-0.4, -0.2) is 24.9 Å². The van der Waals surface area contributed by atoms with Gasteiger partial charge in [0.15, 0.2) is 0 Å². The van der Waals surface area contributed by atoms with Crippen LogP contribution in [0.4, 0.5) is 17.6 Å². The Kier molecular flexibility index (Phi) is 4.39. The largest absolute Gasteiger partial charge is 0.308 e. The fourth-order valence-electron chi connectivity index (χ4n) is 0.874. The number of hydrogen-bond donors (Lipinski definition) is 1. The zero-order chi connectivity index (χ0) is 10.5. The average Bonchev–Trinajstić information content (AvgIpc) is 1.81. The van der Waals surface area contributed by atoms with Crippen LogP contribution in [0.3, 0.4) is 0 Å². The zero-order valence-electron chi connectivity index (χ0n) is 7.42. The second-order valence-electron chi connectivity index (χ2n) is 3.02. The minimum absolute atomic E-state index is 0.185. The number of alkyl halides is 4. The minimum atomic E-state index is -3.37. The molecule has 0 bridgehead atoms.